The molecule has 4 nitrogen and oxygen atoms in total. The fraction of sp³-hybridized carbons (Fsp3) is 0.533. The third kappa shape index (κ3) is 5.41. The molecule has 1 fully saturated rings. The van der Waals surface area contributed by atoms with E-state index in [2.05, 4.69) is 17.4 Å². The maximum atomic E-state index is 11.1. The van der Waals surface area contributed by atoms with Crippen molar-refractivity contribution in [3.63, 3.8) is 0 Å². The first-order chi connectivity index (χ1) is 9.34. The molecule has 1 saturated heterocycles. The SMILES string of the molecule is O=C1COC[C@@H](CCCCOCc2ccccc2)N1. The van der Waals surface area contributed by atoms with Crippen molar-refractivity contribution in [2.45, 2.75) is 31.9 Å². The summed E-state index contributed by atoms with van der Waals surface area (Å²) in [6.07, 6.45) is 3.02. The van der Waals surface area contributed by atoms with Gasteiger partial charge in [0.25, 0.3) is 0 Å². The lowest BCUT2D eigenvalue weighted by atomic mass is 10.1. The van der Waals surface area contributed by atoms with Crippen molar-refractivity contribution in [3.05, 3.63) is 35.9 Å². The number of carbonyl (C=O) groups is 1. The number of ether oxygens (including phenoxy) is 2. The summed E-state index contributed by atoms with van der Waals surface area (Å²) < 4.78 is 10.8. The lowest BCUT2D eigenvalue weighted by molar-refractivity contribution is -0.131. The molecular formula is C15H21NO3. The largest absolute Gasteiger partial charge is 0.377 e. The standard InChI is InChI=1S/C15H21NO3/c17-15-12-19-11-14(16-15)8-4-5-9-18-10-13-6-2-1-3-7-13/h1-3,6-7,14H,4-5,8-12H2,(H,16,17)/t14-/m1/s1. The molecule has 0 radical (unpaired) electrons. The second-order valence-corrected chi connectivity index (χ2v) is 4.81. The van der Waals surface area contributed by atoms with Crippen LogP contribution in [0, 0.1) is 0 Å². The highest BCUT2D eigenvalue weighted by molar-refractivity contribution is 5.78. The predicted molar refractivity (Wildman–Crippen MR) is 72.7 cm³/mol. The molecule has 4 heteroatoms. The summed E-state index contributed by atoms with van der Waals surface area (Å²) in [5.41, 5.74) is 1.20. The molecule has 0 bridgehead atoms. The van der Waals surface area contributed by atoms with Crippen LogP contribution in [0.4, 0.5) is 0 Å². The highest BCUT2D eigenvalue weighted by Gasteiger charge is 2.17. The number of morpholine rings is 1. The van der Waals surface area contributed by atoms with Crippen LogP contribution in [0.3, 0.4) is 0 Å². The summed E-state index contributed by atoms with van der Waals surface area (Å²) in [4.78, 5) is 11.1. The average molecular weight is 263 g/mol. The highest BCUT2D eigenvalue weighted by Crippen LogP contribution is 2.06. The molecule has 1 aliphatic rings. The Bertz CT molecular complexity index is 380. The zero-order valence-corrected chi connectivity index (χ0v) is 11.1. The van der Waals surface area contributed by atoms with Gasteiger partial charge < -0.3 is 14.8 Å². The van der Waals surface area contributed by atoms with E-state index in [-0.39, 0.29) is 18.6 Å². The summed E-state index contributed by atoms with van der Waals surface area (Å²) in [6.45, 7) is 2.27. The van der Waals surface area contributed by atoms with Gasteiger partial charge in [-0.05, 0) is 24.8 Å². The smallest absolute Gasteiger partial charge is 0.246 e. The van der Waals surface area contributed by atoms with Crippen molar-refractivity contribution in [1.29, 1.82) is 0 Å². The van der Waals surface area contributed by atoms with E-state index in [1.54, 1.807) is 0 Å². The quantitative estimate of drug-likeness (QED) is 0.764. The Morgan fingerprint density at radius 3 is 2.89 bits per heavy atom. The van der Waals surface area contributed by atoms with Crippen molar-refractivity contribution >= 4 is 5.91 Å². The number of benzene rings is 1. The summed E-state index contributed by atoms with van der Waals surface area (Å²) in [7, 11) is 0. The molecule has 1 aromatic rings. The van der Waals surface area contributed by atoms with Gasteiger partial charge in [-0.15, -0.1) is 0 Å². The van der Waals surface area contributed by atoms with E-state index in [4.69, 9.17) is 9.47 Å². The summed E-state index contributed by atoms with van der Waals surface area (Å²) in [6, 6.07) is 10.3. The minimum absolute atomic E-state index is 0.00317. The second kappa shape index (κ2) is 7.92. The lowest BCUT2D eigenvalue weighted by Gasteiger charge is -2.23. The molecule has 19 heavy (non-hydrogen) atoms. The van der Waals surface area contributed by atoms with Gasteiger partial charge in [-0.25, -0.2) is 0 Å². The van der Waals surface area contributed by atoms with E-state index in [0.717, 1.165) is 25.9 Å². The van der Waals surface area contributed by atoms with Crippen molar-refractivity contribution in [2.24, 2.45) is 0 Å². The van der Waals surface area contributed by atoms with E-state index in [1.165, 1.54) is 5.56 Å². The highest BCUT2D eigenvalue weighted by atomic mass is 16.5. The molecule has 0 spiro atoms. The van der Waals surface area contributed by atoms with E-state index in [9.17, 15) is 4.79 Å². The van der Waals surface area contributed by atoms with Crippen LogP contribution in [0.2, 0.25) is 0 Å². The van der Waals surface area contributed by atoms with Crippen LogP contribution in [0.25, 0.3) is 0 Å². The van der Waals surface area contributed by atoms with Crippen LogP contribution < -0.4 is 5.32 Å². The molecule has 0 aromatic heterocycles. The molecule has 0 saturated carbocycles. The summed E-state index contributed by atoms with van der Waals surface area (Å²) in [5, 5.41) is 2.93. The lowest BCUT2D eigenvalue weighted by Crippen LogP contribution is -2.45. The van der Waals surface area contributed by atoms with Crippen LogP contribution in [0.5, 0.6) is 0 Å². The number of nitrogens with one attached hydrogen (secondary N) is 1. The first-order valence-corrected chi connectivity index (χ1v) is 6.83. The third-order valence-electron chi connectivity index (χ3n) is 3.12. The third-order valence-corrected chi connectivity index (χ3v) is 3.12. The van der Waals surface area contributed by atoms with Gasteiger partial charge in [0.1, 0.15) is 6.61 Å². The second-order valence-electron chi connectivity index (χ2n) is 4.81. The Morgan fingerprint density at radius 1 is 1.26 bits per heavy atom. The summed E-state index contributed by atoms with van der Waals surface area (Å²) >= 11 is 0. The van der Waals surface area contributed by atoms with Crippen molar-refractivity contribution in [3.8, 4) is 0 Å². The van der Waals surface area contributed by atoms with Gasteiger partial charge in [0.2, 0.25) is 5.91 Å². The minimum atomic E-state index is -0.00317. The van der Waals surface area contributed by atoms with Crippen molar-refractivity contribution in [1.82, 2.24) is 5.32 Å². The van der Waals surface area contributed by atoms with Gasteiger partial charge in [-0.3, -0.25) is 4.79 Å². The molecule has 1 aromatic carbocycles. The number of rotatable bonds is 7. The van der Waals surface area contributed by atoms with E-state index < -0.39 is 0 Å². The first-order valence-electron chi connectivity index (χ1n) is 6.83. The molecule has 1 atom stereocenters. The van der Waals surface area contributed by atoms with Crippen molar-refractivity contribution < 1.29 is 14.3 Å². The zero-order chi connectivity index (χ0) is 13.3. The first kappa shape index (κ1) is 14.0. The van der Waals surface area contributed by atoms with Crippen LogP contribution in [-0.4, -0.2) is 31.8 Å². The molecule has 0 unspecified atom stereocenters. The molecule has 2 rings (SSSR count). The fourth-order valence-electron chi connectivity index (χ4n) is 2.12. The Kier molecular flexibility index (Phi) is 5.85. The van der Waals surface area contributed by atoms with Crippen LogP contribution in [0.1, 0.15) is 24.8 Å². The van der Waals surface area contributed by atoms with E-state index in [0.29, 0.717) is 13.2 Å². The Hall–Kier alpha value is -1.39. The van der Waals surface area contributed by atoms with E-state index >= 15 is 0 Å². The monoisotopic (exact) mass is 263 g/mol. The molecule has 1 aliphatic heterocycles. The van der Waals surface area contributed by atoms with Gasteiger partial charge in [-0.1, -0.05) is 30.3 Å². The molecule has 104 valence electrons. The number of amides is 1. The van der Waals surface area contributed by atoms with Crippen LogP contribution in [-0.2, 0) is 20.9 Å². The van der Waals surface area contributed by atoms with Gasteiger partial charge in [0.05, 0.1) is 19.3 Å². The van der Waals surface area contributed by atoms with Crippen LogP contribution in [0.15, 0.2) is 30.3 Å². The molecule has 0 aliphatic carbocycles. The topological polar surface area (TPSA) is 47.6 Å². The summed E-state index contributed by atoms with van der Waals surface area (Å²) in [5.74, 6) is -0.00317. The maximum Gasteiger partial charge on any atom is 0.246 e. The van der Waals surface area contributed by atoms with Gasteiger partial charge in [-0.2, -0.15) is 0 Å². The Balaban J connectivity index is 1.49. The van der Waals surface area contributed by atoms with Gasteiger partial charge in [0.15, 0.2) is 0 Å². The van der Waals surface area contributed by atoms with Crippen molar-refractivity contribution in [2.75, 3.05) is 19.8 Å². The van der Waals surface area contributed by atoms with Crippen LogP contribution >= 0.6 is 0 Å². The zero-order valence-electron chi connectivity index (χ0n) is 11.1. The average Bonchev–Trinajstić information content (AvgIpc) is 2.44. The Labute approximate surface area is 114 Å². The minimum Gasteiger partial charge on any atom is -0.377 e. The predicted octanol–water partition coefficient (Wildman–Crippen LogP) is 1.89. The van der Waals surface area contributed by atoms with Gasteiger partial charge in [0, 0.05) is 6.61 Å². The molecule has 1 N–H and O–H groups in total. The molecular weight excluding hydrogens is 242 g/mol. The normalized spacial score (nSPS) is 19.2. The van der Waals surface area contributed by atoms with E-state index in [1.807, 2.05) is 18.2 Å². The number of hydrogen-bond donors (Lipinski definition) is 1. The molecule has 1 heterocycles. The number of carbonyl (C=O) groups excluding carboxylic acids is 1. The number of unbranched alkanes of at least 4 members (excludes halogenated alkanes) is 1. The number of hydrogen-bond acceptors (Lipinski definition) is 3. The molecule has 1 amide bonds. The maximum absolute atomic E-state index is 11.1. The Morgan fingerprint density at radius 2 is 2.11 bits per heavy atom. The fourth-order valence-corrected chi connectivity index (χ4v) is 2.12. The van der Waals surface area contributed by atoms with Gasteiger partial charge >= 0.3 is 0 Å².